The lowest BCUT2D eigenvalue weighted by Gasteiger charge is -2.18. The average molecular weight is 1140 g/mol. The highest BCUT2D eigenvalue weighted by atomic mass is 16.6. The number of unbranched alkanes of at least 4 members (excludes halogenated alkanes) is 34. The van der Waals surface area contributed by atoms with E-state index in [2.05, 4.69) is 130 Å². The molecule has 6 heteroatoms. The van der Waals surface area contributed by atoms with Crippen molar-refractivity contribution >= 4 is 17.9 Å². The van der Waals surface area contributed by atoms with Crippen LogP contribution in [-0.2, 0) is 28.6 Å². The van der Waals surface area contributed by atoms with Crippen molar-refractivity contribution in [2.24, 2.45) is 0 Å². The summed E-state index contributed by atoms with van der Waals surface area (Å²) >= 11 is 0. The Kier molecular flexibility index (Phi) is 66.2. The fourth-order valence-electron chi connectivity index (χ4n) is 9.83. The van der Waals surface area contributed by atoms with E-state index in [1.807, 2.05) is 0 Å². The molecule has 6 nitrogen and oxygen atoms in total. The van der Waals surface area contributed by atoms with Gasteiger partial charge in [0.05, 0.1) is 0 Å². The van der Waals surface area contributed by atoms with Crippen LogP contribution in [0.1, 0.15) is 335 Å². The normalized spacial score (nSPS) is 12.8. The van der Waals surface area contributed by atoms with Crippen molar-refractivity contribution in [3.63, 3.8) is 0 Å². The number of carbonyl (C=O) groups is 3. The van der Waals surface area contributed by atoms with Crippen LogP contribution in [0.2, 0.25) is 0 Å². The Morgan fingerprint density at radius 2 is 0.476 bits per heavy atom. The summed E-state index contributed by atoms with van der Waals surface area (Å²) in [4.78, 5) is 38.4. The molecule has 1 unspecified atom stereocenters. The van der Waals surface area contributed by atoms with Crippen molar-refractivity contribution in [1.29, 1.82) is 0 Å². The van der Waals surface area contributed by atoms with Gasteiger partial charge in [-0.3, -0.25) is 14.4 Å². The quantitative estimate of drug-likeness (QED) is 0.0261. The summed E-state index contributed by atoms with van der Waals surface area (Å²) in [6.07, 6.45) is 95.4. The van der Waals surface area contributed by atoms with Crippen LogP contribution in [0.15, 0.2) is 109 Å². The third kappa shape index (κ3) is 66.9. The SMILES string of the molecule is CC/C=C\C/C=C\C/C=C\C/C=C\CCCCCCCCCCCCCCCCCCC(=O)OCC(COC(=O)CCCCCCC/C=C\CCCCCCC)OC(=O)CCCCCCCCCC/C=C\C/C=C\C/C=C\C/C=C\CC. The Morgan fingerprint density at radius 1 is 0.256 bits per heavy atom. The van der Waals surface area contributed by atoms with Crippen LogP contribution in [0, 0.1) is 0 Å². The predicted molar refractivity (Wildman–Crippen MR) is 357 cm³/mol. The Labute approximate surface area is 508 Å². The Bertz CT molecular complexity index is 1640. The molecule has 470 valence electrons. The van der Waals surface area contributed by atoms with Crippen LogP contribution < -0.4 is 0 Å². The van der Waals surface area contributed by atoms with Crippen LogP contribution >= 0.6 is 0 Å². The Balaban J connectivity index is 4.28. The van der Waals surface area contributed by atoms with E-state index in [4.69, 9.17) is 14.2 Å². The van der Waals surface area contributed by atoms with E-state index in [1.54, 1.807) is 0 Å². The molecule has 0 saturated heterocycles. The first-order valence-corrected chi connectivity index (χ1v) is 34.9. The molecule has 0 amide bonds. The van der Waals surface area contributed by atoms with Crippen LogP contribution in [0.3, 0.4) is 0 Å². The molecule has 0 aliphatic carbocycles. The van der Waals surface area contributed by atoms with Gasteiger partial charge >= 0.3 is 17.9 Å². The maximum atomic E-state index is 12.9. The average Bonchev–Trinajstić information content (AvgIpc) is 3.47. The van der Waals surface area contributed by atoms with Crippen LogP contribution in [0.25, 0.3) is 0 Å². The van der Waals surface area contributed by atoms with Gasteiger partial charge in [0.25, 0.3) is 0 Å². The summed E-state index contributed by atoms with van der Waals surface area (Å²) < 4.78 is 17.0. The van der Waals surface area contributed by atoms with E-state index in [9.17, 15) is 14.4 Å². The largest absolute Gasteiger partial charge is 0.462 e. The van der Waals surface area contributed by atoms with Crippen LogP contribution in [-0.4, -0.2) is 37.2 Å². The minimum Gasteiger partial charge on any atom is -0.462 e. The highest BCUT2D eigenvalue weighted by Crippen LogP contribution is 2.17. The number of rotatable bonds is 63. The summed E-state index contributed by atoms with van der Waals surface area (Å²) in [6.45, 7) is 6.43. The highest BCUT2D eigenvalue weighted by Gasteiger charge is 2.19. The summed E-state index contributed by atoms with van der Waals surface area (Å²) in [5.41, 5.74) is 0. The second-order valence-electron chi connectivity index (χ2n) is 23.0. The van der Waals surface area contributed by atoms with E-state index in [1.165, 1.54) is 173 Å². The number of allylic oxidation sites excluding steroid dienone is 18. The maximum absolute atomic E-state index is 12.9. The summed E-state index contributed by atoms with van der Waals surface area (Å²) in [6, 6.07) is 0. The van der Waals surface area contributed by atoms with Gasteiger partial charge in [-0.25, -0.2) is 0 Å². The van der Waals surface area contributed by atoms with E-state index < -0.39 is 6.10 Å². The molecule has 0 aromatic rings. The number of ether oxygens (including phenoxy) is 3. The third-order valence-electron chi connectivity index (χ3n) is 15.0. The first-order chi connectivity index (χ1) is 40.5. The van der Waals surface area contributed by atoms with Gasteiger partial charge in [0.1, 0.15) is 13.2 Å². The fraction of sp³-hybridized carbons (Fsp3) is 0.724. The fourth-order valence-corrected chi connectivity index (χ4v) is 9.83. The molecule has 0 rings (SSSR count). The summed E-state index contributed by atoms with van der Waals surface area (Å²) in [5.74, 6) is -0.885. The van der Waals surface area contributed by atoms with Gasteiger partial charge in [-0.05, 0) is 122 Å². The van der Waals surface area contributed by atoms with E-state index in [0.717, 1.165) is 122 Å². The minimum absolute atomic E-state index is 0.0821. The topological polar surface area (TPSA) is 78.9 Å². The molecule has 0 radical (unpaired) electrons. The monoisotopic (exact) mass is 1140 g/mol. The van der Waals surface area contributed by atoms with E-state index in [0.29, 0.717) is 19.3 Å². The number of carbonyl (C=O) groups excluding carboxylic acids is 3. The molecule has 0 N–H and O–H groups in total. The van der Waals surface area contributed by atoms with Gasteiger partial charge in [0, 0.05) is 19.3 Å². The zero-order chi connectivity index (χ0) is 59.2. The van der Waals surface area contributed by atoms with E-state index in [-0.39, 0.29) is 31.1 Å². The molecule has 0 aliphatic heterocycles. The lowest BCUT2D eigenvalue weighted by Crippen LogP contribution is -2.30. The van der Waals surface area contributed by atoms with Gasteiger partial charge in [0.2, 0.25) is 0 Å². The number of esters is 3. The van der Waals surface area contributed by atoms with Crippen molar-refractivity contribution < 1.29 is 28.6 Å². The lowest BCUT2D eigenvalue weighted by atomic mass is 10.0. The second-order valence-corrected chi connectivity index (χ2v) is 23.0. The zero-order valence-corrected chi connectivity index (χ0v) is 54.0. The molecule has 1 atom stereocenters. The van der Waals surface area contributed by atoms with Crippen molar-refractivity contribution in [3.05, 3.63) is 109 Å². The van der Waals surface area contributed by atoms with Crippen molar-refractivity contribution in [2.45, 2.75) is 341 Å². The molecule has 0 bridgehead atoms. The van der Waals surface area contributed by atoms with Gasteiger partial charge in [-0.1, -0.05) is 304 Å². The molecular weight excluding hydrogens is 1010 g/mol. The maximum Gasteiger partial charge on any atom is 0.306 e. The van der Waals surface area contributed by atoms with Gasteiger partial charge in [-0.15, -0.1) is 0 Å². The first kappa shape index (κ1) is 78.1. The molecule has 0 aliphatic rings. The van der Waals surface area contributed by atoms with Crippen molar-refractivity contribution in [2.75, 3.05) is 13.2 Å². The van der Waals surface area contributed by atoms with Crippen molar-refractivity contribution in [3.8, 4) is 0 Å². The Hall–Kier alpha value is -3.93. The molecule has 0 fully saturated rings. The summed E-state index contributed by atoms with van der Waals surface area (Å²) in [5, 5.41) is 0. The third-order valence-corrected chi connectivity index (χ3v) is 15.0. The zero-order valence-electron chi connectivity index (χ0n) is 54.0. The molecule has 0 saturated carbocycles. The van der Waals surface area contributed by atoms with Gasteiger partial charge in [0.15, 0.2) is 6.10 Å². The van der Waals surface area contributed by atoms with E-state index >= 15 is 0 Å². The lowest BCUT2D eigenvalue weighted by molar-refractivity contribution is -0.167. The van der Waals surface area contributed by atoms with Crippen LogP contribution in [0.4, 0.5) is 0 Å². The highest BCUT2D eigenvalue weighted by molar-refractivity contribution is 5.71. The first-order valence-electron chi connectivity index (χ1n) is 34.9. The van der Waals surface area contributed by atoms with Crippen LogP contribution in [0.5, 0.6) is 0 Å². The molecule has 0 spiro atoms. The van der Waals surface area contributed by atoms with Crippen molar-refractivity contribution in [1.82, 2.24) is 0 Å². The number of hydrogen-bond donors (Lipinski definition) is 0. The predicted octanol–water partition coefficient (Wildman–Crippen LogP) is 24.2. The second kappa shape index (κ2) is 69.6. The van der Waals surface area contributed by atoms with Gasteiger partial charge < -0.3 is 14.2 Å². The Morgan fingerprint density at radius 3 is 0.756 bits per heavy atom. The minimum atomic E-state index is -0.788. The standard InChI is InChI=1S/C76H130O6/c1-4-7-10-13-16-19-22-25-28-30-32-34-35-36-37-38-39-40-41-43-44-46-48-51-54-57-60-63-66-69-75(78)81-72-73(71-80-74(77)68-65-62-59-56-53-50-27-24-21-18-15-12-9-6-3)82-76(79)70-67-64-61-58-55-52-49-47-45-42-33-31-29-26-23-20-17-14-11-8-5-2/h7-8,10-11,16-17,19-20,24-29,32-34,42,73H,4-6,9,12-15,18,21-23,30-31,35-41,43-72H2,1-3H3/b10-7-,11-8-,19-16-,20-17-,27-24-,28-25-,29-26-,34-32-,42-33-. The smallest absolute Gasteiger partial charge is 0.306 e. The van der Waals surface area contributed by atoms with Gasteiger partial charge in [-0.2, -0.15) is 0 Å². The molecule has 0 aromatic heterocycles. The summed E-state index contributed by atoms with van der Waals surface area (Å²) in [7, 11) is 0. The number of hydrogen-bond acceptors (Lipinski definition) is 6. The molecule has 0 aromatic carbocycles. The molecule has 82 heavy (non-hydrogen) atoms. The molecule has 0 heterocycles. The molecular formula is C76H130O6.